The summed E-state index contributed by atoms with van der Waals surface area (Å²) < 4.78 is 10.5. The standard InChI is InChI=1S/C19H21N3O4S/c1-11-7-12(2)20-19-18(11)22(17(24)10-27-19)9-16(23)21-14-6-5-13(25-3)8-15(14)26-4/h5-8H,9-10H2,1-4H3,(H,21,23). The molecule has 0 saturated heterocycles. The fourth-order valence-electron chi connectivity index (χ4n) is 2.96. The van der Waals surface area contributed by atoms with Gasteiger partial charge in [-0.2, -0.15) is 0 Å². The van der Waals surface area contributed by atoms with Gasteiger partial charge in [-0.1, -0.05) is 11.8 Å². The molecule has 0 bridgehead atoms. The first-order valence-electron chi connectivity index (χ1n) is 8.36. The maximum Gasteiger partial charge on any atom is 0.244 e. The second-order valence-corrected chi connectivity index (χ2v) is 7.08. The molecule has 1 aliphatic heterocycles. The van der Waals surface area contributed by atoms with E-state index in [9.17, 15) is 9.59 Å². The summed E-state index contributed by atoms with van der Waals surface area (Å²) in [5, 5.41) is 3.58. The molecule has 0 unspecified atom stereocenters. The van der Waals surface area contributed by atoms with Gasteiger partial charge < -0.3 is 14.8 Å². The van der Waals surface area contributed by atoms with Crippen LogP contribution in [0.4, 0.5) is 11.4 Å². The Morgan fingerprint density at radius 3 is 2.74 bits per heavy atom. The molecule has 0 spiro atoms. The van der Waals surface area contributed by atoms with E-state index in [1.54, 1.807) is 25.3 Å². The second kappa shape index (κ2) is 7.87. The van der Waals surface area contributed by atoms with Crippen molar-refractivity contribution in [1.82, 2.24) is 4.98 Å². The molecule has 0 atom stereocenters. The van der Waals surface area contributed by atoms with E-state index in [2.05, 4.69) is 10.3 Å². The maximum absolute atomic E-state index is 12.6. The van der Waals surface area contributed by atoms with E-state index in [0.717, 1.165) is 16.3 Å². The molecule has 2 amide bonds. The number of nitrogens with one attached hydrogen (secondary N) is 1. The fourth-order valence-corrected chi connectivity index (χ4v) is 3.99. The number of hydrogen-bond donors (Lipinski definition) is 1. The van der Waals surface area contributed by atoms with Crippen LogP contribution in [-0.4, -0.2) is 43.3 Å². The number of thioether (sulfide) groups is 1. The Morgan fingerprint density at radius 1 is 1.26 bits per heavy atom. The molecule has 3 rings (SSSR count). The van der Waals surface area contributed by atoms with Crippen LogP contribution in [0.1, 0.15) is 11.3 Å². The minimum atomic E-state index is -0.315. The van der Waals surface area contributed by atoms with Crippen LogP contribution >= 0.6 is 11.8 Å². The average molecular weight is 387 g/mol. The lowest BCUT2D eigenvalue weighted by atomic mass is 10.2. The van der Waals surface area contributed by atoms with Gasteiger partial charge in [0.1, 0.15) is 23.1 Å². The molecule has 1 aromatic heterocycles. The second-order valence-electron chi connectivity index (χ2n) is 6.12. The number of ether oxygens (including phenoxy) is 2. The number of rotatable bonds is 5. The molecule has 1 N–H and O–H groups in total. The highest BCUT2D eigenvalue weighted by molar-refractivity contribution is 8.00. The molecule has 1 aromatic carbocycles. The largest absolute Gasteiger partial charge is 0.497 e. The third-order valence-electron chi connectivity index (χ3n) is 4.17. The lowest BCUT2D eigenvalue weighted by Crippen LogP contribution is -2.41. The number of aryl methyl sites for hydroxylation is 2. The molecule has 2 aromatic rings. The minimum absolute atomic E-state index is 0.0901. The molecular formula is C19H21N3O4S. The molecule has 0 fully saturated rings. The highest BCUT2D eigenvalue weighted by Crippen LogP contribution is 2.36. The minimum Gasteiger partial charge on any atom is -0.497 e. The van der Waals surface area contributed by atoms with Crippen LogP contribution in [0.3, 0.4) is 0 Å². The summed E-state index contributed by atoms with van der Waals surface area (Å²) in [5.41, 5.74) is 3.04. The van der Waals surface area contributed by atoms with Crippen molar-refractivity contribution in [1.29, 1.82) is 0 Å². The number of nitrogens with zero attached hydrogens (tertiary/aromatic N) is 2. The van der Waals surface area contributed by atoms with Gasteiger partial charge in [-0.15, -0.1) is 0 Å². The van der Waals surface area contributed by atoms with Crippen molar-refractivity contribution in [2.24, 2.45) is 0 Å². The van der Waals surface area contributed by atoms with E-state index in [1.165, 1.54) is 23.8 Å². The zero-order valence-corrected chi connectivity index (χ0v) is 16.5. The zero-order valence-electron chi connectivity index (χ0n) is 15.7. The van der Waals surface area contributed by atoms with E-state index in [1.807, 2.05) is 19.9 Å². The summed E-state index contributed by atoms with van der Waals surface area (Å²) in [6.07, 6.45) is 0. The molecule has 8 heteroatoms. The Labute approximate surface area is 162 Å². The van der Waals surface area contributed by atoms with Crippen LogP contribution in [0.25, 0.3) is 0 Å². The van der Waals surface area contributed by atoms with Gasteiger partial charge in [-0.25, -0.2) is 4.98 Å². The molecule has 7 nitrogen and oxygen atoms in total. The number of hydrogen-bond acceptors (Lipinski definition) is 6. The Bertz CT molecular complexity index is 901. The van der Waals surface area contributed by atoms with E-state index in [0.29, 0.717) is 22.9 Å². The lowest BCUT2D eigenvalue weighted by molar-refractivity contribution is -0.120. The number of pyridine rings is 1. The highest BCUT2D eigenvalue weighted by atomic mass is 32.2. The zero-order chi connectivity index (χ0) is 19.6. The van der Waals surface area contributed by atoms with E-state index >= 15 is 0 Å². The Hall–Kier alpha value is -2.74. The number of carbonyl (C=O) groups is 2. The summed E-state index contributed by atoms with van der Waals surface area (Å²) in [6, 6.07) is 7.03. The normalized spacial score (nSPS) is 13.2. The van der Waals surface area contributed by atoms with Gasteiger partial charge in [0.25, 0.3) is 0 Å². The quantitative estimate of drug-likeness (QED) is 0.850. The fraction of sp³-hybridized carbons (Fsp3) is 0.316. The smallest absolute Gasteiger partial charge is 0.244 e. The Balaban J connectivity index is 1.82. The summed E-state index contributed by atoms with van der Waals surface area (Å²) >= 11 is 1.40. The van der Waals surface area contributed by atoms with Crippen molar-refractivity contribution >= 4 is 35.0 Å². The first-order valence-corrected chi connectivity index (χ1v) is 9.34. The Kier molecular flexibility index (Phi) is 5.55. The summed E-state index contributed by atoms with van der Waals surface area (Å²) in [7, 11) is 3.08. The summed E-state index contributed by atoms with van der Waals surface area (Å²) in [4.78, 5) is 31.1. The van der Waals surface area contributed by atoms with Crippen molar-refractivity contribution in [3.05, 3.63) is 35.5 Å². The van der Waals surface area contributed by atoms with E-state index < -0.39 is 0 Å². The average Bonchev–Trinajstić information content (AvgIpc) is 2.64. The lowest BCUT2D eigenvalue weighted by Gasteiger charge is -2.29. The third-order valence-corrected chi connectivity index (χ3v) is 5.12. The SMILES string of the molecule is COc1ccc(NC(=O)CN2C(=O)CSc3nc(C)cc(C)c32)c(OC)c1. The first kappa shape index (κ1) is 19.0. The molecule has 0 radical (unpaired) electrons. The number of amides is 2. The molecule has 27 heavy (non-hydrogen) atoms. The summed E-state index contributed by atoms with van der Waals surface area (Å²) in [5.74, 6) is 0.945. The number of fused-ring (bicyclic) bond motifs is 1. The molecule has 0 aliphatic carbocycles. The van der Waals surface area contributed by atoms with Crippen molar-refractivity contribution in [2.75, 3.05) is 36.7 Å². The van der Waals surface area contributed by atoms with Crippen molar-refractivity contribution < 1.29 is 19.1 Å². The molecule has 142 valence electrons. The van der Waals surface area contributed by atoms with Crippen LogP contribution in [0, 0.1) is 13.8 Å². The van der Waals surface area contributed by atoms with E-state index in [4.69, 9.17) is 9.47 Å². The number of methoxy groups -OCH3 is 2. The third kappa shape index (κ3) is 4.00. The van der Waals surface area contributed by atoms with Gasteiger partial charge in [0.15, 0.2) is 0 Å². The van der Waals surface area contributed by atoms with Crippen LogP contribution in [0.5, 0.6) is 11.5 Å². The molecule has 1 aliphatic rings. The monoisotopic (exact) mass is 387 g/mol. The van der Waals surface area contributed by atoms with Crippen molar-refractivity contribution in [3.8, 4) is 11.5 Å². The highest BCUT2D eigenvalue weighted by Gasteiger charge is 2.29. The van der Waals surface area contributed by atoms with Crippen LogP contribution in [0.15, 0.2) is 29.3 Å². The number of benzene rings is 1. The van der Waals surface area contributed by atoms with Gasteiger partial charge in [-0.05, 0) is 37.6 Å². The van der Waals surface area contributed by atoms with Gasteiger partial charge in [0.05, 0.1) is 31.3 Å². The van der Waals surface area contributed by atoms with Crippen molar-refractivity contribution in [3.63, 3.8) is 0 Å². The Morgan fingerprint density at radius 2 is 2.04 bits per heavy atom. The topological polar surface area (TPSA) is 80.8 Å². The number of anilines is 2. The van der Waals surface area contributed by atoms with Crippen LogP contribution < -0.4 is 19.7 Å². The first-order chi connectivity index (χ1) is 12.9. The van der Waals surface area contributed by atoms with Gasteiger partial charge >= 0.3 is 0 Å². The van der Waals surface area contributed by atoms with Gasteiger partial charge in [-0.3, -0.25) is 14.5 Å². The van der Waals surface area contributed by atoms with Gasteiger partial charge in [0, 0.05) is 11.8 Å². The predicted octanol–water partition coefficient (Wildman–Crippen LogP) is 2.79. The molecular weight excluding hydrogens is 366 g/mol. The van der Waals surface area contributed by atoms with Crippen LogP contribution in [-0.2, 0) is 9.59 Å². The molecule has 0 saturated carbocycles. The predicted molar refractivity (Wildman–Crippen MR) is 105 cm³/mol. The summed E-state index contributed by atoms with van der Waals surface area (Å²) in [6.45, 7) is 3.74. The van der Waals surface area contributed by atoms with E-state index in [-0.39, 0.29) is 24.1 Å². The molecule has 2 heterocycles. The number of carbonyl (C=O) groups excluding carboxylic acids is 2. The van der Waals surface area contributed by atoms with Crippen molar-refractivity contribution in [2.45, 2.75) is 18.9 Å². The van der Waals surface area contributed by atoms with Gasteiger partial charge in [0.2, 0.25) is 11.8 Å². The van der Waals surface area contributed by atoms with Crippen LogP contribution in [0.2, 0.25) is 0 Å². The maximum atomic E-state index is 12.6. The number of aromatic nitrogens is 1.